The summed E-state index contributed by atoms with van der Waals surface area (Å²) < 4.78 is 27.4. The van der Waals surface area contributed by atoms with Crippen LogP contribution in [0.1, 0.15) is 11.3 Å². The number of thiophene rings is 1. The quantitative estimate of drug-likeness (QED) is 0.717. The van der Waals surface area contributed by atoms with E-state index in [1.54, 1.807) is 19.1 Å². The minimum absolute atomic E-state index is 0.0389. The van der Waals surface area contributed by atoms with Gasteiger partial charge in [-0.25, -0.2) is 17.4 Å². The Morgan fingerprint density at radius 3 is 2.71 bits per heavy atom. The number of carboxylic acid groups (broad SMARTS) is 1. The molecule has 6 nitrogen and oxygen atoms in total. The second-order valence-electron chi connectivity index (χ2n) is 4.97. The molecular weight excluding hydrogens is 395 g/mol. The summed E-state index contributed by atoms with van der Waals surface area (Å²) in [6.07, 6.45) is 1.13. The van der Waals surface area contributed by atoms with Crippen molar-refractivity contribution in [3.63, 3.8) is 0 Å². The molecule has 0 amide bonds. The van der Waals surface area contributed by atoms with Gasteiger partial charge in [-0.15, -0.1) is 11.3 Å². The molecule has 3 heterocycles. The third-order valence-corrected chi connectivity index (χ3v) is 7.05. The largest absolute Gasteiger partial charge is 0.481 e. The molecule has 1 N–H and O–H groups in total. The van der Waals surface area contributed by atoms with Crippen LogP contribution in [0.2, 0.25) is 8.67 Å². The lowest BCUT2D eigenvalue weighted by Gasteiger charge is -2.08. The van der Waals surface area contributed by atoms with Crippen molar-refractivity contribution in [1.29, 1.82) is 0 Å². The van der Waals surface area contributed by atoms with Gasteiger partial charge in [-0.3, -0.25) is 4.79 Å². The maximum atomic E-state index is 13.0. The summed E-state index contributed by atoms with van der Waals surface area (Å²) in [4.78, 5) is 15.1. The Kier molecular flexibility index (Phi) is 4.33. The molecule has 24 heavy (non-hydrogen) atoms. The van der Waals surface area contributed by atoms with Crippen molar-refractivity contribution in [2.24, 2.45) is 0 Å². The lowest BCUT2D eigenvalue weighted by Crippen LogP contribution is -2.15. The van der Waals surface area contributed by atoms with Crippen LogP contribution in [0.5, 0.6) is 0 Å². The second-order valence-corrected chi connectivity index (χ2v) is 9.01. The van der Waals surface area contributed by atoms with Gasteiger partial charge in [0, 0.05) is 17.3 Å². The Labute approximate surface area is 151 Å². The summed E-state index contributed by atoms with van der Waals surface area (Å²) in [5.74, 6) is -1.06. The van der Waals surface area contributed by atoms with Gasteiger partial charge in [0.05, 0.1) is 10.8 Å². The lowest BCUT2D eigenvalue weighted by molar-refractivity contribution is -0.136. The zero-order valence-corrected chi connectivity index (χ0v) is 15.3. The van der Waals surface area contributed by atoms with Crippen molar-refractivity contribution in [2.75, 3.05) is 0 Å². The number of aliphatic carboxylic acids is 1. The second kappa shape index (κ2) is 6.03. The van der Waals surface area contributed by atoms with E-state index >= 15 is 0 Å². The highest BCUT2D eigenvalue weighted by Gasteiger charge is 2.29. The smallest absolute Gasteiger partial charge is 0.307 e. The molecule has 0 saturated carbocycles. The number of rotatable bonds is 4. The average molecular weight is 405 g/mol. The summed E-state index contributed by atoms with van der Waals surface area (Å²) in [6.45, 7) is 1.54. The number of carbonyl (C=O) groups is 1. The van der Waals surface area contributed by atoms with Gasteiger partial charge in [0.1, 0.15) is 9.23 Å². The van der Waals surface area contributed by atoms with E-state index in [-0.39, 0.29) is 31.3 Å². The van der Waals surface area contributed by atoms with Gasteiger partial charge in [0.25, 0.3) is 10.0 Å². The standard InChI is InChI=1S/C14H10Cl2N2O4S2/c1-7-9(5-12(19)20)8-3-2-4-17-14(8)18(7)24(21,22)10-6-11(15)23-13(10)16/h2-4,6H,5H2,1H3,(H,19,20). The van der Waals surface area contributed by atoms with Crippen LogP contribution in [0.15, 0.2) is 29.3 Å². The summed E-state index contributed by atoms with van der Waals surface area (Å²) in [5.41, 5.74) is 0.834. The zero-order valence-electron chi connectivity index (χ0n) is 12.2. The first-order valence-electron chi connectivity index (χ1n) is 6.60. The lowest BCUT2D eigenvalue weighted by atomic mass is 10.1. The summed E-state index contributed by atoms with van der Waals surface area (Å²) in [5, 5.41) is 9.58. The van der Waals surface area contributed by atoms with Gasteiger partial charge in [-0.05, 0) is 30.7 Å². The van der Waals surface area contributed by atoms with E-state index < -0.39 is 16.0 Å². The highest BCUT2D eigenvalue weighted by molar-refractivity contribution is 7.90. The van der Waals surface area contributed by atoms with E-state index in [1.165, 1.54) is 12.3 Å². The summed E-state index contributed by atoms with van der Waals surface area (Å²) in [6, 6.07) is 4.54. The van der Waals surface area contributed by atoms with Gasteiger partial charge >= 0.3 is 5.97 Å². The van der Waals surface area contributed by atoms with Gasteiger partial charge in [-0.2, -0.15) is 0 Å². The van der Waals surface area contributed by atoms with Gasteiger partial charge in [0.15, 0.2) is 5.65 Å². The number of hydrogen-bond acceptors (Lipinski definition) is 5. The molecule has 10 heteroatoms. The van der Waals surface area contributed by atoms with Gasteiger partial charge in [-0.1, -0.05) is 23.2 Å². The van der Waals surface area contributed by atoms with Crippen LogP contribution >= 0.6 is 34.5 Å². The van der Waals surface area contributed by atoms with Crippen LogP contribution in [0.25, 0.3) is 11.0 Å². The molecule has 126 valence electrons. The average Bonchev–Trinajstić information content (AvgIpc) is 2.97. The van der Waals surface area contributed by atoms with Crippen molar-refractivity contribution in [3.05, 3.63) is 44.3 Å². The van der Waals surface area contributed by atoms with Crippen molar-refractivity contribution >= 4 is 61.6 Å². The molecule has 0 radical (unpaired) electrons. The molecule has 0 spiro atoms. The number of aromatic nitrogens is 2. The number of hydrogen-bond donors (Lipinski definition) is 1. The van der Waals surface area contributed by atoms with Crippen LogP contribution in [0.3, 0.4) is 0 Å². The first-order chi connectivity index (χ1) is 11.2. The fourth-order valence-corrected chi connectivity index (χ4v) is 6.19. The van der Waals surface area contributed by atoms with Crippen LogP contribution in [0.4, 0.5) is 0 Å². The zero-order chi connectivity index (χ0) is 17.6. The Bertz CT molecular complexity index is 1070. The Morgan fingerprint density at radius 2 is 2.12 bits per heavy atom. The number of pyridine rings is 1. The van der Waals surface area contributed by atoms with Gasteiger partial charge in [0.2, 0.25) is 0 Å². The van der Waals surface area contributed by atoms with E-state index in [9.17, 15) is 13.2 Å². The molecule has 0 bridgehead atoms. The van der Waals surface area contributed by atoms with Crippen LogP contribution in [0, 0.1) is 6.92 Å². The first-order valence-corrected chi connectivity index (χ1v) is 9.62. The Morgan fingerprint density at radius 1 is 1.42 bits per heavy atom. The first kappa shape index (κ1) is 17.2. The molecule has 0 aliphatic heterocycles. The van der Waals surface area contributed by atoms with E-state index in [4.69, 9.17) is 28.3 Å². The normalized spacial score (nSPS) is 12.0. The molecular formula is C14H10Cl2N2O4S2. The van der Waals surface area contributed by atoms with E-state index in [0.717, 1.165) is 15.3 Å². The molecule has 0 fully saturated rings. The fraction of sp³-hybridized carbons (Fsp3) is 0.143. The highest BCUT2D eigenvalue weighted by Crippen LogP contribution is 2.37. The predicted molar refractivity (Wildman–Crippen MR) is 92.7 cm³/mol. The number of carboxylic acids is 1. The molecule has 0 atom stereocenters. The van der Waals surface area contributed by atoms with Crippen molar-refractivity contribution < 1.29 is 18.3 Å². The number of nitrogens with zero attached hydrogens (tertiary/aromatic N) is 2. The molecule has 0 saturated heterocycles. The van der Waals surface area contributed by atoms with Crippen LogP contribution in [-0.4, -0.2) is 28.5 Å². The van der Waals surface area contributed by atoms with Crippen molar-refractivity contribution in [3.8, 4) is 0 Å². The summed E-state index contributed by atoms with van der Waals surface area (Å²) >= 11 is 12.8. The topological polar surface area (TPSA) is 89.3 Å². The molecule has 0 aliphatic rings. The molecule has 3 aromatic heterocycles. The van der Waals surface area contributed by atoms with E-state index in [2.05, 4.69) is 4.98 Å². The molecule has 3 rings (SSSR count). The fourth-order valence-electron chi connectivity index (χ4n) is 2.54. The monoisotopic (exact) mass is 404 g/mol. The van der Waals surface area contributed by atoms with E-state index in [1.807, 2.05) is 0 Å². The van der Waals surface area contributed by atoms with Crippen molar-refractivity contribution in [1.82, 2.24) is 8.96 Å². The molecule has 0 aliphatic carbocycles. The predicted octanol–water partition coefficient (Wildman–Crippen LogP) is 3.58. The minimum Gasteiger partial charge on any atom is -0.481 e. The molecule has 3 aromatic rings. The van der Waals surface area contributed by atoms with Gasteiger partial charge < -0.3 is 5.11 Å². The Hall–Kier alpha value is -1.61. The third-order valence-electron chi connectivity index (χ3n) is 3.52. The highest BCUT2D eigenvalue weighted by atomic mass is 35.5. The maximum Gasteiger partial charge on any atom is 0.307 e. The maximum absolute atomic E-state index is 13.0. The number of halogens is 2. The SMILES string of the molecule is Cc1c(CC(=O)O)c2cccnc2n1S(=O)(=O)c1cc(Cl)sc1Cl. The molecule has 0 aromatic carbocycles. The number of fused-ring (bicyclic) bond motifs is 1. The van der Waals surface area contributed by atoms with Crippen LogP contribution in [-0.2, 0) is 21.2 Å². The molecule has 0 unspecified atom stereocenters. The van der Waals surface area contributed by atoms with E-state index in [0.29, 0.717) is 10.9 Å². The third kappa shape index (κ3) is 2.69. The minimum atomic E-state index is -4.07. The van der Waals surface area contributed by atoms with Crippen LogP contribution < -0.4 is 0 Å². The van der Waals surface area contributed by atoms with Crippen molar-refractivity contribution in [2.45, 2.75) is 18.2 Å². The summed E-state index contributed by atoms with van der Waals surface area (Å²) in [7, 11) is -4.07. The Balaban J connectivity index is 2.36.